The first-order valence-corrected chi connectivity index (χ1v) is 11.3. The van der Waals surface area contributed by atoms with Gasteiger partial charge in [-0.05, 0) is 47.6 Å². The van der Waals surface area contributed by atoms with Crippen molar-refractivity contribution in [3.05, 3.63) is 36.0 Å². The van der Waals surface area contributed by atoms with Gasteiger partial charge in [-0.2, -0.15) is 0 Å². The first kappa shape index (κ1) is 20.5. The van der Waals surface area contributed by atoms with Crippen LogP contribution in [0, 0.1) is 23.2 Å². The molecule has 4 fully saturated rings. The first-order valence-electron chi connectivity index (χ1n) is 11.3. The van der Waals surface area contributed by atoms with Gasteiger partial charge in [-0.25, -0.2) is 0 Å². The van der Waals surface area contributed by atoms with Crippen molar-refractivity contribution in [1.29, 1.82) is 0 Å². The summed E-state index contributed by atoms with van der Waals surface area (Å²) in [5.74, 6) is 2.28. The van der Waals surface area contributed by atoms with Crippen molar-refractivity contribution in [1.82, 2.24) is 9.88 Å². The minimum Gasteiger partial charge on any atom is -0.388 e. The number of rotatable bonds is 4. The Bertz CT molecular complexity index is 925. The lowest BCUT2D eigenvalue weighted by Gasteiger charge is -2.62. The maximum Gasteiger partial charge on any atom is 0.162 e. The molecule has 2 aromatic rings. The van der Waals surface area contributed by atoms with E-state index in [1.165, 1.54) is 12.8 Å². The average Bonchev–Trinajstić information content (AvgIpc) is 3.09. The summed E-state index contributed by atoms with van der Waals surface area (Å²) in [4.78, 5) is 0. The predicted molar refractivity (Wildman–Crippen MR) is 115 cm³/mol. The monoisotopic (exact) mass is 414 g/mol. The van der Waals surface area contributed by atoms with Gasteiger partial charge in [0.15, 0.2) is 6.23 Å². The van der Waals surface area contributed by atoms with Gasteiger partial charge in [0.1, 0.15) is 18.3 Å². The number of benzene rings is 1. The lowest BCUT2D eigenvalue weighted by Crippen LogP contribution is -2.59. The number of fused-ring (bicyclic) bond motifs is 3. The van der Waals surface area contributed by atoms with E-state index in [2.05, 4.69) is 32.2 Å². The van der Waals surface area contributed by atoms with E-state index >= 15 is 0 Å². The Morgan fingerprint density at radius 2 is 1.90 bits per heavy atom. The molecule has 2 unspecified atom stereocenters. The van der Waals surface area contributed by atoms with E-state index < -0.39 is 24.5 Å². The predicted octanol–water partition coefficient (Wildman–Crippen LogP) is 2.41. The zero-order valence-electron chi connectivity index (χ0n) is 18.0. The number of hydrogen-bond acceptors (Lipinski definition) is 5. The van der Waals surface area contributed by atoms with Gasteiger partial charge < -0.3 is 29.9 Å². The summed E-state index contributed by atoms with van der Waals surface area (Å²) in [6.45, 7) is 8.00. The second-order valence-electron chi connectivity index (χ2n) is 10.3. The highest BCUT2D eigenvalue weighted by Crippen LogP contribution is 2.61. The third-order valence-corrected chi connectivity index (χ3v) is 8.48. The Labute approximate surface area is 177 Å². The van der Waals surface area contributed by atoms with E-state index in [1.54, 1.807) is 0 Å². The molecule has 164 valence electrons. The molecule has 3 aliphatic carbocycles. The Hall–Kier alpha value is -1.44. The summed E-state index contributed by atoms with van der Waals surface area (Å²) in [5.41, 5.74) is 2.60. The fraction of sp³-hybridized carbons (Fsp3) is 0.667. The Balaban J connectivity index is 1.37. The van der Waals surface area contributed by atoms with Gasteiger partial charge in [0.2, 0.25) is 0 Å². The zero-order chi connectivity index (χ0) is 21.2. The quantitative estimate of drug-likeness (QED) is 0.617. The highest BCUT2D eigenvalue weighted by Gasteiger charge is 2.56. The van der Waals surface area contributed by atoms with Crippen LogP contribution in [0.4, 0.5) is 0 Å². The standard InChI is InChI=1S/C24H34N2O4/c1-13-17-8-15(24(17,2)3)9-18(13)25-10-14-11-26(19-7-5-4-6-16(14)19)23-22(29)21(28)20(27)12-30-23/h4-7,11,13,15,17-18,20-23,25,27-29H,8-10,12H2,1-3H3/t13-,15+,17-,18?,20-,21+,22-,23?/m1/s1. The van der Waals surface area contributed by atoms with Gasteiger partial charge in [-0.1, -0.05) is 39.0 Å². The van der Waals surface area contributed by atoms with Crippen LogP contribution in [0.1, 0.15) is 45.4 Å². The molecule has 4 aliphatic rings. The lowest BCUT2D eigenvalue weighted by molar-refractivity contribution is -0.209. The Morgan fingerprint density at radius 3 is 2.63 bits per heavy atom. The first-order chi connectivity index (χ1) is 14.3. The molecule has 0 spiro atoms. The smallest absolute Gasteiger partial charge is 0.162 e. The molecule has 4 N–H and O–H groups in total. The number of nitrogens with one attached hydrogen (secondary N) is 1. The molecule has 2 bridgehead atoms. The molecule has 1 aromatic heterocycles. The van der Waals surface area contributed by atoms with E-state index in [9.17, 15) is 15.3 Å². The van der Waals surface area contributed by atoms with Gasteiger partial charge in [0.25, 0.3) is 0 Å². The third-order valence-electron chi connectivity index (χ3n) is 8.48. The van der Waals surface area contributed by atoms with Crippen LogP contribution in [0.5, 0.6) is 0 Å². The second-order valence-corrected chi connectivity index (χ2v) is 10.3. The minimum atomic E-state index is -1.22. The van der Waals surface area contributed by atoms with Crippen molar-refractivity contribution in [2.45, 2.75) is 70.7 Å². The number of aliphatic hydroxyl groups is 3. The lowest BCUT2D eigenvalue weighted by atomic mass is 9.45. The highest BCUT2D eigenvalue weighted by atomic mass is 16.5. The third kappa shape index (κ3) is 3.04. The molecule has 3 saturated carbocycles. The molecule has 0 amide bonds. The summed E-state index contributed by atoms with van der Waals surface area (Å²) in [6.07, 6.45) is 0.442. The van der Waals surface area contributed by atoms with Gasteiger partial charge >= 0.3 is 0 Å². The van der Waals surface area contributed by atoms with Gasteiger partial charge in [-0.15, -0.1) is 0 Å². The second kappa shape index (κ2) is 7.31. The topological polar surface area (TPSA) is 86.9 Å². The highest BCUT2D eigenvalue weighted by molar-refractivity contribution is 5.84. The molecule has 2 heterocycles. The fourth-order valence-electron chi connectivity index (χ4n) is 6.32. The molecule has 30 heavy (non-hydrogen) atoms. The van der Waals surface area contributed by atoms with Crippen molar-refractivity contribution in [2.24, 2.45) is 23.2 Å². The number of para-hydroxylation sites is 1. The number of hydrogen-bond donors (Lipinski definition) is 4. The van der Waals surface area contributed by atoms with Crippen LogP contribution >= 0.6 is 0 Å². The molecule has 6 heteroatoms. The van der Waals surface area contributed by atoms with Gasteiger partial charge in [0, 0.05) is 24.2 Å². The molecule has 6 rings (SSSR count). The van der Waals surface area contributed by atoms with Crippen LogP contribution in [0.15, 0.2) is 30.5 Å². The van der Waals surface area contributed by atoms with Crippen molar-refractivity contribution >= 4 is 10.9 Å². The largest absolute Gasteiger partial charge is 0.388 e. The van der Waals surface area contributed by atoms with Gasteiger partial charge in [0.05, 0.1) is 12.1 Å². The fourth-order valence-corrected chi connectivity index (χ4v) is 6.32. The molecular weight excluding hydrogens is 380 g/mol. The van der Waals surface area contributed by atoms with Crippen molar-refractivity contribution in [2.75, 3.05) is 6.61 Å². The molecule has 1 aromatic carbocycles. The van der Waals surface area contributed by atoms with Crippen LogP contribution < -0.4 is 5.32 Å². The molecule has 0 radical (unpaired) electrons. The van der Waals surface area contributed by atoms with E-state index in [4.69, 9.17) is 4.74 Å². The van der Waals surface area contributed by atoms with Crippen molar-refractivity contribution in [3.8, 4) is 0 Å². The summed E-state index contributed by atoms with van der Waals surface area (Å²) in [5, 5.41) is 35.4. The molecular formula is C24H34N2O4. The molecule has 8 atom stereocenters. The summed E-state index contributed by atoms with van der Waals surface area (Å²) < 4.78 is 7.62. The van der Waals surface area contributed by atoms with Crippen LogP contribution in [-0.2, 0) is 11.3 Å². The average molecular weight is 415 g/mol. The van der Waals surface area contributed by atoms with Crippen molar-refractivity contribution in [3.63, 3.8) is 0 Å². The summed E-state index contributed by atoms with van der Waals surface area (Å²) in [7, 11) is 0. The van der Waals surface area contributed by atoms with Crippen LogP contribution in [0.25, 0.3) is 10.9 Å². The number of ether oxygens (including phenoxy) is 1. The maximum atomic E-state index is 10.5. The minimum absolute atomic E-state index is 0.00113. The summed E-state index contributed by atoms with van der Waals surface area (Å²) >= 11 is 0. The van der Waals surface area contributed by atoms with Crippen LogP contribution in [0.2, 0.25) is 0 Å². The zero-order valence-corrected chi connectivity index (χ0v) is 18.0. The molecule has 1 saturated heterocycles. The van der Waals surface area contributed by atoms with Crippen molar-refractivity contribution < 1.29 is 20.1 Å². The molecule has 6 nitrogen and oxygen atoms in total. The SMILES string of the molecule is C[C@H]1C(NCc2cn(C3OC[C@@H](O)[C@H](O)[C@H]3O)c3ccccc23)C[C@@H]2C[C@H]1C2(C)C. The number of nitrogens with zero attached hydrogens (tertiary/aromatic N) is 1. The number of aliphatic hydroxyl groups excluding tert-OH is 3. The van der Waals surface area contributed by atoms with Crippen LogP contribution in [0.3, 0.4) is 0 Å². The van der Waals surface area contributed by atoms with E-state index in [0.29, 0.717) is 17.4 Å². The van der Waals surface area contributed by atoms with E-state index in [-0.39, 0.29) is 6.61 Å². The normalized spacial score (nSPS) is 40.3. The number of aromatic nitrogens is 1. The van der Waals surface area contributed by atoms with E-state index in [1.807, 2.05) is 29.0 Å². The Morgan fingerprint density at radius 1 is 1.13 bits per heavy atom. The maximum absolute atomic E-state index is 10.5. The van der Waals surface area contributed by atoms with E-state index in [0.717, 1.165) is 34.8 Å². The Kier molecular flexibility index (Phi) is 4.99. The summed E-state index contributed by atoms with van der Waals surface area (Å²) in [6, 6.07) is 8.61. The van der Waals surface area contributed by atoms with Gasteiger partial charge in [-0.3, -0.25) is 0 Å². The van der Waals surface area contributed by atoms with Crippen LogP contribution in [-0.4, -0.2) is 50.8 Å². The molecule has 1 aliphatic heterocycles.